The molecule has 0 saturated carbocycles. The molecule has 0 radical (unpaired) electrons. The zero-order chi connectivity index (χ0) is 13.0. The zero-order valence-electron chi connectivity index (χ0n) is 10.2. The van der Waals surface area contributed by atoms with Gasteiger partial charge in [0.05, 0.1) is 18.8 Å². The fourth-order valence-electron chi connectivity index (χ4n) is 2.25. The number of fused-ring (bicyclic) bond motifs is 1. The SMILES string of the molecule is CC(=O)OCCn1ncc2c1CCC[C@H]2N=[N+]=[N-]. The van der Waals surface area contributed by atoms with Gasteiger partial charge in [-0.15, -0.1) is 0 Å². The summed E-state index contributed by atoms with van der Waals surface area (Å²) >= 11 is 0. The standard InChI is InChI=1S/C11H15N5O2/c1-8(17)18-6-5-16-11-4-2-3-10(14-15-12)9(11)7-13-16/h7,10H,2-6H2,1H3/t10-/m1/s1. The van der Waals surface area contributed by atoms with Gasteiger partial charge in [-0.05, 0) is 24.8 Å². The summed E-state index contributed by atoms with van der Waals surface area (Å²) in [6.45, 7) is 2.24. The van der Waals surface area contributed by atoms with Crippen LogP contribution in [0.3, 0.4) is 0 Å². The Kier molecular flexibility index (Phi) is 3.84. The summed E-state index contributed by atoms with van der Waals surface area (Å²) in [5.41, 5.74) is 10.6. The molecule has 1 heterocycles. The highest BCUT2D eigenvalue weighted by molar-refractivity contribution is 5.65. The number of carbonyl (C=O) groups is 1. The highest BCUT2D eigenvalue weighted by Gasteiger charge is 2.23. The molecule has 18 heavy (non-hydrogen) atoms. The Labute approximate surface area is 104 Å². The maximum atomic E-state index is 10.7. The average molecular weight is 249 g/mol. The molecule has 0 aliphatic heterocycles. The molecule has 0 N–H and O–H groups in total. The van der Waals surface area contributed by atoms with Gasteiger partial charge < -0.3 is 4.74 Å². The summed E-state index contributed by atoms with van der Waals surface area (Å²) < 4.78 is 6.73. The molecular formula is C11H15N5O2. The molecule has 0 spiro atoms. The number of nitrogens with zero attached hydrogens (tertiary/aromatic N) is 5. The van der Waals surface area contributed by atoms with Crippen molar-refractivity contribution in [3.63, 3.8) is 0 Å². The third kappa shape index (κ3) is 2.62. The van der Waals surface area contributed by atoms with Gasteiger partial charge in [-0.3, -0.25) is 9.48 Å². The lowest BCUT2D eigenvalue weighted by atomic mass is 9.94. The Morgan fingerprint density at radius 1 is 1.78 bits per heavy atom. The van der Waals surface area contributed by atoms with E-state index in [9.17, 15) is 4.79 Å². The van der Waals surface area contributed by atoms with Crippen LogP contribution < -0.4 is 0 Å². The highest BCUT2D eigenvalue weighted by Crippen LogP contribution is 2.32. The third-order valence-corrected chi connectivity index (χ3v) is 3.03. The average Bonchev–Trinajstić information content (AvgIpc) is 2.74. The summed E-state index contributed by atoms with van der Waals surface area (Å²) in [5.74, 6) is -0.289. The van der Waals surface area contributed by atoms with Crippen LogP contribution in [0.1, 0.15) is 37.1 Å². The number of hydrogen-bond acceptors (Lipinski definition) is 4. The van der Waals surface area contributed by atoms with E-state index in [0.717, 1.165) is 30.5 Å². The number of esters is 1. The number of rotatable bonds is 4. The zero-order valence-corrected chi connectivity index (χ0v) is 10.2. The van der Waals surface area contributed by atoms with Crippen LogP contribution >= 0.6 is 0 Å². The lowest BCUT2D eigenvalue weighted by Crippen LogP contribution is -2.15. The quantitative estimate of drug-likeness (QED) is 0.354. The maximum Gasteiger partial charge on any atom is 0.302 e. The van der Waals surface area contributed by atoms with Crippen LogP contribution in [0.25, 0.3) is 10.4 Å². The fraction of sp³-hybridized carbons (Fsp3) is 0.636. The van der Waals surface area contributed by atoms with Crippen LogP contribution in [0.5, 0.6) is 0 Å². The second kappa shape index (κ2) is 5.55. The van der Waals surface area contributed by atoms with Crippen LogP contribution in [0.15, 0.2) is 11.3 Å². The van der Waals surface area contributed by atoms with E-state index >= 15 is 0 Å². The van der Waals surface area contributed by atoms with E-state index in [0.29, 0.717) is 13.2 Å². The second-order valence-electron chi connectivity index (χ2n) is 4.22. The van der Waals surface area contributed by atoms with Crippen molar-refractivity contribution >= 4 is 5.97 Å². The Bertz CT molecular complexity index is 490. The summed E-state index contributed by atoms with van der Waals surface area (Å²) in [7, 11) is 0. The molecule has 0 saturated heterocycles. The molecule has 1 aromatic heterocycles. The smallest absolute Gasteiger partial charge is 0.302 e. The van der Waals surface area contributed by atoms with Gasteiger partial charge in [-0.1, -0.05) is 5.11 Å². The van der Waals surface area contributed by atoms with Gasteiger partial charge in [0.2, 0.25) is 0 Å². The number of ether oxygens (including phenoxy) is 1. The van der Waals surface area contributed by atoms with Gasteiger partial charge in [-0.25, -0.2) is 0 Å². The first kappa shape index (κ1) is 12.4. The summed E-state index contributed by atoms with van der Waals surface area (Å²) in [6.07, 6.45) is 4.52. The Hall–Kier alpha value is -2.01. The van der Waals surface area contributed by atoms with E-state index < -0.39 is 0 Å². The van der Waals surface area contributed by atoms with Crippen LogP contribution in [0.2, 0.25) is 0 Å². The lowest BCUT2D eigenvalue weighted by molar-refractivity contribution is -0.141. The summed E-state index contributed by atoms with van der Waals surface area (Å²) in [4.78, 5) is 13.6. The van der Waals surface area contributed by atoms with Crippen LogP contribution in [0.4, 0.5) is 0 Å². The minimum absolute atomic E-state index is 0.110. The van der Waals surface area contributed by atoms with Crippen molar-refractivity contribution in [1.82, 2.24) is 9.78 Å². The summed E-state index contributed by atoms with van der Waals surface area (Å²) in [5, 5.41) is 8.06. The van der Waals surface area contributed by atoms with E-state index in [-0.39, 0.29) is 12.0 Å². The minimum atomic E-state index is -0.289. The second-order valence-corrected chi connectivity index (χ2v) is 4.22. The van der Waals surface area contributed by atoms with E-state index in [4.69, 9.17) is 10.3 Å². The molecule has 7 heteroatoms. The molecule has 0 unspecified atom stereocenters. The highest BCUT2D eigenvalue weighted by atomic mass is 16.5. The molecule has 1 aliphatic carbocycles. The minimum Gasteiger partial charge on any atom is -0.464 e. The van der Waals surface area contributed by atoms with Crippen molar-refractivity contribution in [2.24, 2.45) is 5.11 Å². The molecular weight excluding hydrogens is 234 g/mol. The topological polar surface area (TPSA) is 92.9 Å². The summed E-state index contributed by atoms with van der Waals surface area (Å²) in [6, 6.07) is -0.110. The molecule has 0 amide bonds. The lowest BCUT2D eigenvalue weighted by Gasteiger charge is -2.19. The number of carbonyl (C=O) groups excluding carboxylic acids is 1. The number of azide groups is 1. The maximum absolute atomic E-state index is 10.7. The number of hydrogen-bond donors (Lipinski definition) is 0. The van der Waals surface area contributed by atoms with Gasteiger partial charge in [0, 0.05) is 23.1 Å². The van der Waals surface area contributed by atoms with Gasteiger partial charge >= 0.3 is 5.97 Å². The molecule has 96 valence electrons. The Balaban J connectivity index is 2.10. The molecule has 0 bridgehead atoms. The Morgan fingerprint density at radius 3 is 3.33 bits per heavy atom. The Morgan fingerprint density at radius 2 is 2.61 bits per heavy atom. The molecule has 1 atom stereocenters. The molecule has 7 nitrogen and oxygen atoms in total. The first-order chi connectivity index (χ1) is 8.72. The van der Waals surface area contributed by atoms with Crippen molar-refractivity contribution in [2.75, 3.05) is 6.61 Å². The van der Waals surface area contributed by atoms with Gasteiger partial charge in [0.1, 0.15) is 6.61 Å². The molecule has 0 fully saturated rings. The first-order valence-electron chi connectivity index (χ1n) is 5.94. The molecule has 2 rings (SSSR count). The normalized spacial score (nSPS) is 17.7. The van der Waals surface area contributed by atoms with Crippen molar-refractivity contribution in [3.05, 3.63) is 27.9 Å². The third-order valence-electron chi connectivity index (χ3n) is 3.03. The predicted molar refractivity (Wildman–Crippen MR) is 63.7 cm³/mol. The van der Waals surface area contributed by atoms with E-state index in [1.54, 1.807) is 6.20 Å². The monoisotopic (exact) mass is 249 g/mol. The largest absolute Gasteiger partial charge is 0.464 e. The molecule has 1 aromatic rings. The van der Waals surface area contributed by atoms with Gasteiger partial charge in [0.25, 0.3) is 0 Å². The molecule has 1 aliphatic rings. The predicted octanol–water partition coefficient (Wildman–Crippen LogP) is 2.13. The first-order valence-corrected chi connectivity index (χ1v) is 5.94. The fourth-order valence-corrected chi connectivity index (χ4v) is 2.25. The van der Waals surface area contributed by atoms with E-state index in [1.807, 2.05) is 4.68 Å². The van der Waals surface area contributed by atoms with Crippen molar-refractivity contribution in [2.45, 2.75) is 38.8 Å². The van der Waals surface area contributed by atoms with E-state index in [1.165, 1.54) is 6.92 Å². The van der Waals surface area contributed by atoms with Crippen molar-refractivity contribution in [3.8, 4) is 0 Å². The molecule has 0 aromatic carbocycles. The number of aromatic nitrogens is 2. The van der Waals surface area contributed by atoms with Gasteiger partial charge in [0.15, 0.2) is 0 Å². The van der Waals surface area contributed by atoms with Crippen molar-refractivity contribution in [1.29, 1.82) is 0 Å². The van der Waals surface area contributed by atoms with Crippen LogP contribution in [-0.4, -0.2) is 22.4 Å². The van der Waals surface area contributed by atoms with Crippen LogP contribution in [0, 0.1) is 0 Å². The van der Waals surface area contributed by atoms with Crippen molar-refractivity contribution < 1.29 is 9.53 Å². The van der Waals surface area contributed by atoms with Crippen LogP contribution in [-0.2, 0) is 22.5 Å². The van der Waals surface area contributed by atoms with E-state index in [2.05, 4.69) is 15.1 Å². The van der Waals surface area contributed by atoms with Gasteiger partial charge in [-0.2, -0.15) is 5.10 Å².